The Hall–Kier alpha value is -2.50. The molecule has 2 N–H and O–H groups in total. The van der Waals surface area contributed by atoms with E-state index in [4.69, 9.17) is 4.74 Å². The SMILES string of the molecule is CCc1c(O)n(-c2ccc(OC(C)C)cc2)c(=O)[nH]c1=O. The Bertz CT molecular complexity index is 742. The average molecular weight is 290 g/mol. The molecule has 0 amide bonds. The highest BCUT2D eigenvalue weighted by atomic mass is 16.5. The van der Waals surface area contributed by atoms with Crippen LogP contribution in [0.2, 0.25) is 0 Å². The van der Waals surface area contributed by atoms with Crippen LogP contribution >= 0.6 is 0 Å². The van der Waals surface area contributed by atoms with Gasteiger partial charge in [-0.1, -0.05) is 6.92 Å². The monoisotopic (exact) mass is 290 g/mol. The molecule has 2 aromatic rings. The summed E-state index contributed by atoms with van der Waals surface area (Å²) in [6.07, 6.45) is 0.377. The molecule has 0 atom stereocenters. The lowest BCUT2D eigenvalue weighted by molar-refractivity contribution is 0.242. The van der Waals surface area contributed by atoms with Crippen LogP contribution in [0.5, 0.6) is 11.6 Å². The van der Waals surface area contributed by atoms with Gasteiger partial charge in [0.2, 0.25) is 5.88 Å². The third-order valence-electron chi connectivity index (χ3n) is 3.00. The Balaban J connectivity index is 2.52. The molecule has 0 aliphatic heterocycles. The average Bonchev–Trinajstić information content (AvgIpc) is 2.40. The minimum atomic E-state index is -0.674. The van der Waals surface area contributed by atoms with Crippen molar-refractivity contribution in [2.24, 2.45) is 0 Å². The largest absolute Gasteiger partial charge is 0.494 e. The zero-order chi connectivity index (χ0) is 15.6. The third-order valence-corrected chi connectivity index (χ3v) is 3.00. The molecule has 0 bridgehead atoms. The number of benzene rings is 1. The molecule has 6 heteroatoms. The first-order valence-electron chi connectivity index (χ1n) is 6.78. The van der Waals surface area contributed by atoms with Gasteiger partial charge in [0.05, 0.1) is 17.4 Å². The summed E-state index contributed by atoms with van der Waals surface area (Å²) in [5.41, 5.74) is -0.597. The maximum Gasteiger partial charge on any atom is 0.335 e. The van der Waals surface area contributed by atoms with Crippen molar-refractivity contribution in [2.75, 3.05) is 0 Å². The van der Waals surface area contributed by atoms with Crippen molar-refractivity contribution in [2.45, 2.75) is 33.3 Å². The van der Waals surface area contributed by atoms with Crippen LogP contribution in [-0.2, 0) is 6.42 Å². The van der Waals surface area contributed by atoms with Crippen molar-refractivity contribution in [3.63, 3.8) is 0 Å². The number of nitrogens with one attached hydrogen (secondary N) is 1. The highest BCUT2D eigenvalue weighted by Crippen LogP contribution is 2.20. The van der Waals surface area contributed by atoms with Crippen molar-refractivity contribution in [3.8, 4) is 17.3 Å². The summed E-state index contributed by atoms with van der Waals surface area (Å²) < 4.78 is 6.59. The summed E-state index contributed by atoms with van der Waals surface area (Å²) in [4.78, 5) is 25.7. The highest BCUT2D eigenvalue weighted by molar-refractivity contribution is 5.41. The first kappa shape index (κ1) is 14.9. The molecule has 0 spiro atoms. The summed E-state index contributed by atoms with van der Waals surface area (Å²) in [6.45, 7) is 5.57. The molecule has 0 saturated carbocycles. The second-order valence-electron chi connectivity index (χ2n) is 4.91. The highest BCUT2D eigenvalue weighted by Gasteiger charge is 2.14. The second kappa shape index (κ2) is 5.87. The summed E-state index contributed by atoms with van der Waals surface area (Å²) in [5, 5.41) is 10.1. The van der Waals surface area contributed by atoms with E-state index in [1.807, 2.05) is 13.8 Å². The Morgan fingerprint density at radius 3 is 2.38 bits per heavy atom. The van der Waals surface area contributed by atoms with E-state index in [1.54, 1.807) is 31.2 Å². The van der Waals surface area contributed by atoms with Gasteiger partial charge in [0.25, 0.3) is 5.56 Å². The quantitative estimate of drug-likeness (QED) is 0.895. The molecular formula is C15H18N2O4. The Kier molecular flexibility index (Phi) is 4.16. The minimum Gasteiger partial charge on any atom is -0.494 e. The van der Waals surface area contributed by atoms with Crippen molar-refractivity contribution >= 4 is 0 Å². The third kappa shape index (κ3) is 2.99. The molecule has 21 heavy (non-hydrogen) atoms. The molecule has 1 heterocycles. The van der Waals surface area contributed by atoms with Gasteiger partial charge < -0.3 is 9.84 Å². The van der Waals surface area contributed by atoms with Crippen LogP contribution in [-0.4, -0.2) is 20.8 Å². The molecule has 6 nitrogen and oxygen atoms in total. The first-order valence-corrected chi connectivity index (χ1v) is 6.78. The summed E-state index contributed by atoms with van der Waals surface area (Å²) in [6, 6.07) is 6.71. The number of hydrogen-bond donors (Lipinski definition) is 2. The molecule has 0 aliphatic rings. The van der Waals surface area contributed by atoms with Gasteiger partial charge in [-0.3, -0.25) is 9.78 Å². The maximum atomic E-state index is 11.9. The van der Waals surface area contributed by atoms with Gasteiger partial charge >= 0.3 is 5.69 Å². The number of nitrogens with zero attached hydrogens (tertiary/aromatic N) is 1. The van der Waals surface area contributed by atoms with Crippen molar-refractivity contribution in [1.29, 1.82) is 0 Å². The second-order valence-corrected chi connectivity index (χ2v) is 4.91. The van der Waals surface area contributed by atoms with Gasteiger partial charge in [0.15, 0.2) is 0 Å². The van der Waals surface area contributed by atoms with Crippen LogP contribution in [0.1, 0.15) is 26.3 Å². The normalized spacial score (nSPS) is 10.9. The first-order chi connectivity index (χ1) is 9.93. The van der Waals surface area contributed by atoms with E-state index in [0.717, 1.165) is 4.57 Å². The van der Waals surface area contributed by atoms with Gasteiger partial charge in [0.1, 0.15) is 5.75 Å². The predicted molar refractivity (Wildman–Crippen MR) is 79.5 cm³/mol. The van der Waals surface area contributed by atoms with E-state index >= 15 is 0 Å². The molecule has 1 aromatic heterocycles. The number of rotatable bonds is 4. The molecule has 0 radical (unpaired) electrons. The number of aromatic hydroxyl groups is 1. The van der Waals surface area contributed by atoms with Crippen LogP contribution in [0.15, 0.2) is 33.9 Å². The summed E-state index contributed by atoms with van der Waals surface area (Å²) in [7, 11) is 0. The fourth-order valence-electron chi connectivity index (χ4n) is 2.07. The zero-order valence-corrected chi connectivity index (χ0v) is 12.2. The van der Waals surface area contributed by atoms with Crippen LogP contribution in [0.25, 0.3) is 5.69 Å². The Labute approximate surface area is 121 Å². The molecule has 0 unspecified atom stereocenters. The van der Waals surface area contributed by atoms with E-state index in [1.165, 1.54) is 0 Å². The van der Waals surface area contributed by atoms with E-state index in [9.17, 15) is 14.7 Å². The maximum absolute atomic E-state index is 11.9. The number of H-pyrrole nitrogens is 1. The van der Waals surface area contributed by atoms with Gasteiger partial charge in [-0.2, -0.15) is 0 Å². The van der Waals surface area contributed by atoms with Crippen LogP contribution < -0.4 is 16.0 Å². The minimum absolute atomic E-state index is 0.0479. The number of ether oxygens (including phenoxy) is 1. The van der Waals surface area contributed by atoms with Crippen LogP contribution in [0.4, 0.5) is 0 Å². The van der Waals surface area contributed by atoms with E-state index in [2.05, 4.69) is 4.98 Å². The Morgan fingerprint density at radius 1 is 1.24 bits per heavy atom. The van der Waals surface area contributed by atoms with Gasteiger partial charge in [-0.15, -0.1) is 0 Å². The number of hydrogen-bond acceptors (Lipinski definition) is 4. The van der Waals surface area contributed by atoms with E-state index in [-0.39, 0.29) is 17.5 Å². The van der Waals surface area contributed by atoms with Crippen molar-refractivity contribution in [3.05, 3.63) is 50.7 Å². The molecule has 2 rings (SSSR count). The van der Waals surface area contributed by atoms with E-state index in [0.29, 0.717) is 17.9 Å². The Morgan fingerprint density at radius 2 is 1.86 bits per heavy atom. The lowest BCUT2D eigenvalue weighted by atomic mass is 10.2. The zero-order valence-electron chi connectivity index (χ0n) is 12.2. The lowest BCUT2D eigenvalue weighted by Gasteiger charge is -2.12. The molecule has 1 aromatic carbocycles. The smallest absolute Gasteiger partial charge is 0.335 e. The fourth-order valence-corrected chi connectivity index (χ4v) is 2.07. The predicted octanol–water partition coefficient (Wildman–Crippen LogP) is 1.58. The lowest BCUT2D eigenvalue weighted by Crippen LogP contribution is -2.31. The van der Waals surface area contributed by atoms with Crippen LogP contribution in [0, 0.1) is 0 Å². The summed E-state index contributed by atoms with van der Waals surface area (Å²) in [5.74, 6) is 0.338. The molecule has 0 saturated heterocycles. The van der Waals surface area contributed by atoms with Gasteiger partial charge in [0, 0.05) is 0 Å². The van der Waals surface area contributed by atoms with Crippen molar-refractivity contribution in [1.82, 2.24) is 9.55 Å². The van der Waals surface area contributed by atoms with Crippen LogP contribution in [0.3, 0.4) is 0 Å². The topological polar surface area (TPSA) is 84.3 Å². The van der Waals surface area contributed by atoms with Gasteiger partial charge in [-0.25, -0.2) is 9.36 Å². The fraction of sp³-hybridized carbons (Fsp3) is 0.333. The molecule has 0 fully saturated rings. The van der Waals surface area contributed by atoms with Gasteiger partial charge in [-0.05, 0) is 44.5 Å². The number of aromatic nitrogens is 2. The molecular weight excluding hydrogens is 272 g/mol. The standard InChI is InChI=1S/C15H18N2O4/c1-4-12-13(18)16-15(20)17(14(12)19)10-5-7-11(8-6-10)21-9(2)3/h5-9,19H,4H2,1-3H3,(H,16,18,20). The number of aromatic amines is 1. The van der Waals surface area contributed by atoms with Crippen molar-refractivity contribution < 1.29 is 9.84 Å². The summed E-state index contributed by atoms with van der Waals surface area (Å²) >= 11 is 0. The molecule has 112 valence electrons. The molecule has 0 aliphatic carbocycles. The van der Waals surface area contributed by atoms with E-state index < -0.39 is 11.2 Å².